The molecule has 0 unspecified atom stereocenters. The van der Waals surface area contributed by atoms with Crippen molar-refractivity contribution >= 4 is 27.5 Å². The summed E-state index contributed by atoms with van der Waals surface area (Å²) in [5, 5.41) is 2.86. The van der Waals surface area contributed by atoms with Crippen LogP contribution in [0.1, 0.15) is 32.8 Å². The van der Waals surface area contributed by atoms with Crippen molar-refractivity contribution in [1.29, 1.82) is 0 Å². The highest BCUT2D eigenvalue weighted by atomic mass is 32.2. The Morgan fingerprint density at radius 3 is 2.23 bits per heavy atom. The summed E-state index contributed by atoms with van der Waals surface area (Å²) < 4.78 is 59.3. The van der Waals surface area contributed by atoms with Gasteiger partial charge in [0.05, 0.1) is 17.7 Å². The van der Waals surface area contributed by atoms with Gasteiger partial charge in [0, 0.05) is 18.7 Å². The largest absolute Gasteiger partial charge is 0.497 e. The molecule has 1 atom stereocenters. The first-order chi connectivity index (χ1) is 20.5. The number of rotatable bonds is 12. The number of nitrogens with zero attached hydrogens (tertiary/aromatic N) is 2. The van der Waals surface area contributed by atoms with Crippen molar-refractivity contribution in [2.24, 2.45) is 0 Å². The zero-order valence-electron chi connectivity index (χ0n) is 24.6. The topological polar surface area (TPSA) is 114 Å². The van der Waals surface area contributed by atoms with E-state index in [0.717, 1.165) is 16.4 Å². The van der Waals surface area contributed by atoms with Crippen LogP contribution in [0.5, 0.6) is 17.2 Å². The molecule has 2 amide bonds. The summed E-state index contributed by atoms with van der Waals surface area (Å²) in [7, 11) is -2.83. The van der Waals surface area contributed by atoms with Gasteiger partial charge in [0.25, 0.3) is 10.0 Å². The Balaban J connectivity index is 1.74. The lowest BCUT2D eigenvalue weighted by Gasteiger charge is -2.33. The molecule has 0 saturated carbocycles. The Kier molecular flexibility index (Phi) is 10.1. The Bertz CT molecular complexity index is 1530. The molecule has 1 aliphatic heterocycles. The minimum atomic E-state index is -4.37. The number of amides is 2. The standard InChI is InChI=1S/C31H36FN3O7S/c1-5-27(31(37)33-21(2)3)34(19-22-6-12-25(40-4)13-7-22)30(36)20-35(24-10-8-23(32)9-11-24)43(38,39)26-14-15-28-29(18-26)42-17-16-41-28/h6-15,18,21,27H,5,16-17,19-20H2,1-4H3,(H,33,37)/t27-/m1/s1. The van der Waals surface area contributed by atoms with Crippen LogP contribution in [0.15, 0.2) is 71.6 Å². The first-order valence-electron chi connectivity index (χ1n) is 13.9. The second-order valence-corrected chi connectivity index (χ2v) is 12.1. The molecule has 0 aromatic heterocycles. The number of carbonyl (C=O) groups excluding carboxylic acids is 2. The third-order valence-corrected chi connectivity index (χ3v) is 8.59. The van der Waals surface area contributed by atoms with Crippen molar-refractivity contribution in [3.8, 4) is 17.2 Å². The predicted molar refractivity (Wildman–Crippen MR) is 159 cm³/mol. The van der Waals surface area contributed by atoms with Crippen LogP contribution in [0.4, 0.5) is 10.1 Å². The van der Waals surface area contributed by atoms with Crippen molar-refractivity contribution in [2.75, 3.05) is 31.2 Å². The number of sulfonamides is 1. The van der Waals surface area contributed by atoms with Crippen LogP contribution >= 0.6 is 0 Å². The minimum absolute atomic E-state index is 0.0359. The van der Waals surface area contributed by atoms with Crippen molar-refractivity contribution < 1.29 is 36.6 Å². The van der Waals surface area contributed by atoms with Crippen LogP contribution in [0.25, 0.3) is 0 Å². The summed E-state index contributed by atoms with van der Waals surface area (Å²) in [5.74, 6) is -0.254. The van der Waals surface area contributed by atoms with E-state index in [-0.39, 0.29) is 47.9 Å². The molecule has 0 aliphatic carbocycles. The number of halogens is 1. The summed E-state index contributed by atoms with van der Waals surface area (Å²) in [5.41, 5.74) is 0.793. The Morgan fingerprint density at radius 1 is 0.977 bits per heavy atom. The number of hydrogen-bond donors (Lipinski definition) is 1. The van der Waals surface area contributed by atoms with Crippen LogP contribution in [0.3, 0.4) is 0 Å². The summed E-state index contributed by atoms with van der Waals surface area (Å²) in [6, 6.07) is 15.0. The van der Waals surface area contributed by atoms with E-state index >= 15 is 0 Å². The van der Waals surface area contributed by atoms with Crippen molar-refractivity contribution in [1.82, 2.24) is 10.2 Å². The Morgan fingerprint density at radius 2 is 1.63 bits per heavy atom. The molecule has 0 bridgehead atoms. The lowest BCUT2D eigenvalue weighted by molar-refractivity contribution is -0.140. The lowest BCUT2D eigenvalue weighted by Crippen LogP contribution is -2.53. The van der Waals surface area contributed by atoms with Gasteiger partial charge in [-0.25, -0.2) is 12.8 Å². The first-order valence-corrected chi connectivity index (χ1v) is 15.4. The number of hydrogen-bond acceptors (Lipinski definition) is 7. The van der Waals surface area contributed by atoms with Gasteiger partial charge in [-0.3, -0.25) is 13.9 Å². The minimum Gasteiger partial charge on any atom is -0.497 e. The summed E-state index contributed by atoms with van der Waals surface area (Å²) in [4.78, 5) is 28.6. The highest BCUT2D eigenvalue weighted by Gasteiger charge is 2.34. The molecular weight excluding hydrogens is 577 g/mol. The molecule has 1 N–H and O–H groups in total. The van der Waals surface area contributed by atoms with E-state index in [1.165, 1.54) is 35.2 Å². The first kappa shape index (κ1) is 31.6. The van der Waals surface area contributed by atoms with Gasteiger partial charge >= 0.3 is 0 Å². The van der Waals surface area contributed by atoms with Gasteiger partial charge in [-0.2, -0.15) is 0 Å². The third-order valence-electron chi connectivity index (χ3n) is 6.82. The third kappa shape index (κ3) is 7.56. The van der Waals surface area contributed by atoms with E-state index in [1.54, 1.807) is 38.3 Å². The number of fused-ring (bicyclic) bond motifs is 1. The molecule has 1 aliphatic rings. The number of nitrogens with one attached hydrogen (secondary N) is 1. The van der Waals surface area contributed by atoms with Crippen LogP contribution in [0, 0.1) is 5.82 Å². The van der Waals surface area contributed by atoms with Gasteiger partial charge in [-0.1, -0.05) is 19.1 Å². The average molecular weight is 614 g/mol. The normalized spacial score (nSPS) is 13.3. The van der Waals surface area contributed by atoms with E-state index < -0.39 is 34.3 Å². The summed E-state index contributed by atoms with van der Waals surface area (Å²) >= 11 is 0. The average Bonchev–Trinajstić information content (AvgIpc) is 2.99. The Hall–Kier alpha value is -4.32. The smallest absolute Gasteiger partial charge is 0.264 e. The monoisotopic (exact) mass is 613 g/mol. The zero-order valence-corrected chi connectivity index (χ0v) is 25.4. The molecule has 3 aromatic carbocycles. The molecule has 230 valence electrons. The molecule has 1 heterocycles. The molecule has 10 nitrogen and oxygen atoms in total. The van der Waals surface area contributed by atoms with Crippen molar-refractivity contribution in [2.45, 2.75) is 50.7 Å². The second kappa shape index (κ2) is 13.8. The number of methoxy groups -OCH3 is 1. The van der Waals surface area contributed by atoms with E-state index in [0.29, 0.717) is 23.7 Å². The van der Waals surface area contributed by atoms with E-state index in [1.807, 2.05) is 13.8 Å². The fourth-order valence-electron chi connectivity index (χ4n) is 4.68. The molecule has 0 spiro atoms. The second-order valence-electron chi connectivity index (χ2n) is 10.3. The molecule has 0 saturated heterocycles. The highest BCUT2D eigenvalue weighted by molar-refractivity contribution is 7.92. The SMILES string of the molecule is CC[C@H](C(=O)NC(C)C)N(Cc1ccc(OC)cc1)C(=O)CN(c1ccc(F)cc1)S(=O)(=O)c1ccc2c(c1)OCCO2. The van der Waals surface area contributed by atoms with Gasteiger partial charge < -0.3 is 24.4 Å². The maximum absolute atomic E-state index is 14.1. The summed E-state index contributed by atoms with van der Waals surface area (Å²) in [6.45, 7) is 5.39. The fourth-order valence-corrected chi connectivity index (χ4v) is 6.11. The fraction of sp³-hybridized carbons (Fsp3) is 0.355. The molecule has 43 heavy (non-hydrogen) atoms. The quantitative estimate of drug-likeness (QED) is 0.327. The van der Waals surface area contributed by atoms with Crippen LogP contribution in [-0.2, 0) is 26.2 Å². The van der Waals surface area contributed by atoms with Gasteiger partial charge in [0.15, 0.2) is 11.5 Å². The number of anilines is 1. The number of ether oxygens (including phenoxy) is 3. The van der Waals surface area contributed by atoms with Crippen LogP contribution in [0.2, 0.25) is 0 Å². The molecule has 12 heteroatoms. The molecule has 0 radical (unpaired) electrons. The summed E-state index contributed by atoms with van der Waals surface area (Å²) in [6.07, 6.45) is 0.284. The van der Waals surface area contributed by atoms with E-state index in [4.69, 9.17) is 14.2 Å². The Labute approximate surface area is 251 Å². The van der Waals surface area contributed by atoms with Gasteiger partial charge in [0.2, 0.25) is 11.8 Å². The maximum atomic E-state index is 14.1. The number of benzene rings is 3. The molecule has 3 aromatic rings. The molecule has 4 rings (SSSR count). The molecule has 0 fully saturated rings. The highest BCUT2D eigenvalue weighted by Crippen LogP contribution is 2.34. The van der Waals surface area contributed by atoms with Crippen LogP contribution in [-0.4, -0.2) is 64.1 Å². The van der Waals surface area contributed by atoms with Crippen molar-refractivity contribution in [3.63, 3.8) is 0 Å². The van der Waals surface area contributed by atoms with Gasteiger partial charge in [0.1, 0.15) is 37.4 Å². The maximum Gasteiger partial charge on any atom is 0.264 e. The zero-order chi connectivity index (χ0) is 31.1. The lowest BCUT2D eigenvalue weighted by atomic mass is 10.1. The van der Waals surface area contributed by atoms with E-state index in [2.05, 4.69) is 5.32 Å². The van der Waals surface area contributed by atoms with Crippen molar-refractivity contribution in [3.05, 3.63) is 78.1 Å². The predicted octanol–water partition coefficient (Wildman–Crippen LogP) is 4.13. The van der Waals surface area contributed by atoms with E-state index in [9.17, 15) is 22.4 Å². The molecular formula is C31H36FN3O7S. The van der Waals surface area contributed by atoms with Gasteiger partial charge in [-0.05, 0) is 74.4 Å². The van der Waals surface area contributed by atoms with Gasteiger partial charge in [-0.15, -0.1) is 0 Å². The van der Waals surface area contributed by atoms with Crippen LogP contribution < -0.4 is 23.8 Å². The number of carbonyl (C=O) groups is 2.